The number of ether oxygens (including phenoxy) is 1. The summed E-state index contributed by atoms with van der Waals surface area (Å²) in [6, 6.07) is 18.4. The fourth-order valence-electron chi connectivity index (χ4n) is 3.89. The van der Waals surface area contributed by atoms with Crippen LogP contribution in [0.3, 0.4) is 0 Å². The summed E-state index contributed by atoms with van der Waals surface area (Å²) >= 11 is 0. The van der Waals surface area contributed by atoms with Crippen LogP contribution in [0.25, 0.3) is 0 Å². The van der Waals surface area contributed by atoms with Gasteiger partial charge >= 0.3 is 0 Å². The first-order valence-corrected chi connectivity index (χ1v) is 11.8. The van der Waals surface area contributed by atoms with Gasteiger partial charge in [-0.1, -0.05) is 74.4 Å². The van der Waals surface area contributed by atoms with Crippen molar-refractivity contribution < 1.29 is 18.3 Å². The Balaban J connectivity index is 1.81. The lowest BCUT2D eigenvalue weighted by molar-refractivity contribution is 0.0494. The highest BCUT2D eigenvalue weighted by atomic mass is 32.2. The molecule has 156 valence electrons. The van der Waals surface area contributed by atoms with Gasteiger partial charge in [0.15, 0.2) is 0 Å². The highest BCUT2D eigenvalue weighted by Gasteiger charge is 2.37. The molecule has 0 fully saturated rings. The Morgan fingerprint density at radius 3 is 2.34 bits per heavy atom. The Hall–Kier alpha value is -1.95. The van der Waals surface area contributed by atoms with Gasteiger partial charge in [0, 0.05) is 11.8 Å². The Labute approximate surface area is 174 Å². The third-order valence-electron chi connectivity index (χ3n) is 5.45. The molecule has 0 unspecified atom stereocenters. The molecule has 0 bridgehead atoms. The fraction of sp³-hybridized carbons (Fsp3) is 0.417. The van der Waals surface area contributed by atoms with Gasteiger partial charge in [-0.3, -0.25) is 0 Å². The Kier molecular flexibility index (Phi) is 7.64. The first-order valence-electron chi connectivity index (χ1n) is 10.3. The summed E-state index contributed by atoms with van der Waals surface area (Å²) in [5.74, 6) is -0.481. The predicted octanol–water partition coefficient (Wildman–Crippen LogP) is 4.75. The monoisotopic (exact) mass is 414 g/mol. The molecule has 3 atom stereocenters. The van der Waals surface area contributed by atoms with Crippen molar-refractivity contribution >= 4 is 9.84 Å². The molecule has 2 aromatic rings. The molecule has 0 saturated carbocycles. The molecule has 0 spiro atoms. The number of aliphatic hydroxyl groups is 1. The maximum atomic E-state index is 13.3. The average molecular weight is 415 g/mol. The largest absolute Gasteiger partial charge is 0.392 e. The van der Waals surface area contributed by atoms with Crippen molar-refractivity contribution in [3.05, 3.63) is 77.2 Å². The van der Waals surface area contributed by atoms with Crippen LogP contribution < -0.4 is 0 Å². The van der Waals surface area contributed by atoms with E-state index < -0.39 is 15.9 Å². The summed E-state index contributed by atoms with van der Waals surface area (Å²) in [7, 11) is -3.64. The second kappa shape index (κ2) is 10.2. The normalized spacial score (nSPS) is 22.3. The molecule has 4 nitrogen and oxygen atoms in total. The number of unbranched alkanes of at least 4 members (excludes halogenated alkanes) is 1. The van der Waals surface area contributed by atoms with Gasteiger partial charge in [0.2, 0.25) is 9.84 Å². The molecule has 1 aliphatic carbocycles. The zero-order valence-electron chi connectivity index (χ0n) is 16.9. The van der Waals surface area contributed by atoms with Gasteiger partial charge in [-0.2, -0.15) is 0 Å². The minimum absolute atomic E-state index is 0.125. The van der Waals surface area contributed by atoms with Crippen LogP contribution in [0.4, 0.5) is 0 Å². The molecule has 5 heteroatoms. The molecule has 0 radical (unpaired) electrons. The third-order valence-corrected chi connectivity index (χ3v) is 7.40. The van der Waals surface area contributed by atoms with E-state index in [0.717, 1.165) is 18.4 Å². The number of hydrogen-bond acceptors (Lipinski definition) is 4. The molecule has 2 aromatic carbocycles. The van der Waals surface area contributed by atoms with E-state index in [4.69, 9.17) is 4.74 Å². The van der Waals surface area contributed by atoms with E-state index in [1.807, 2.05) is 36.4 Å². The minimum atomic E-state index is -3.64. The van der Waals surface area contributed by atoms with E-state index in [2.05, 4.69) is 6.92 Å². The Morgan fingerprint density at radius 2 is 1.69 bits per heavy atom. The quantitative estimate of drug-likeness (QED) is 0.643. The van der Waals surface area contributed by atoms with E-state index in [9.17, 15) is 13.5 Å². The van der Waals surface area contributed by atoms with E-state index in [0.29, 0.717) is 31.0 Å². The predicted molar refractivity (Wildman–Crippen MR) is 115 cm³/mol. The Bertz CT molecular complexity index is 891. The van der Waals surface area contributed by atoms with Crippen molar-refractivity contribution in [3.63, 3.8) is 0 Å². The molecule has 3 rings (SSSR count). The lowest BCUT2D eigenvalue weighted by atomic mass is 9.83. The van der Waals surface area contributed by atoms with Crippen LogP contribution in [0, 0.1) is 11.8 Å². The third kappa shape index (κ3) is 5.56. The van der Waals surface area contributed by atoms with Crippen molar-refractivity contribution in [2.45, 2.75) is 50.2 Å². The van der Waals surface area contributed by atoms with Crippen LogP contribution in [-0.4, -0.2) is 26.2 Å². The molecule has 0 heterocycles. The summed E-state index contributed by atoms with van der Waals surface area (Å²) in [5.41, 5.74) is 1.07. The zero-order chi connectivity index (χ0) is 20.7. The van der Waals surface area contributed by atoms with E-state index in [1.165, 1.54) is 0 Å². The van der Waals surface area contributed by atoms with Crippen molar-refractivity contribution in [1.29, 1.82) is 0 Å². The fourth-order valence-corrected chi connectivity index (χ4v) is 5.72. The van der Waals surface area contributed by atoms with Gasteiger partial charge in [0.05, 0.1) is 29.1 Å². The first kappa shape index (κ1) is 21.8. The second-order valence-corrected chi connectivity index (χ2v) is 9.65. The van der Waals surface area contributed by atoms with E-state index in [-0.39, 0.29) is 16.7 Å². The molecule has 0 aromatic heterocycles. The van der Waals surface area contributed by atoms with Crippen LogP contribution in [0.15, 0.2) is 76.5 Å². The maximum absolute atomic E-state index is 13.3. The SMILES string of the molecule is CCCC[C@H]1C(S(=O)(=O)c2ccccc2)=C[C@H](COCc2ccccc2)C[C@H]1O. The molecule has 1 N–H and O–H groups in total. The molecule has 0 saturated heterocycles. The van der Waals surface area contributed by atoms with Crippen molar-refractivity contribution in [1.82, 2.24) is 0 Å². The van der Waals surface area contributed by atoms with Gasteiger partial charge in [0.1, 0.15) is 0 Å². The van der Waals surface area contributed by atoms with Crippen LogP contribution in [-0.2, 0) is 21.2 Å². The molecule has 1 aliphatic rings. The number of sulfone groups is 1. The second-order valence-electron chi connectivity index (χ2n) is 7.70. The highest BCUT2D eigenvalue weighted by Crippen LogP contribution is 2.38. The average Bonchev–Trinajstić information content (AvgIpc) is 2.74. The topological polar surface area (TPSA) is 63.6 Å². The highest BCUT2D eigenvalue weighted by molar-refractivity contribution is 7.95. The van der Waals surface area contributed by atoms with E-state index >= 15 is 0 Å². The van der Waals surface area contributed by atoms with Crippen LogP contribution in [0.1, 0.15) is 38.2 Å². The van der Waals surface area contributed by atoms with Crippen LogP contribution in [0.2, 0.25) is 0 Å². The van der Waals surface area contributed by atoms with Gasteiger partial charge < -0.3 is 9.84 Å². The van der Waals surface area contributed by atoms with Gasteiger partial charge in [-0.15, -0.1) is 0 Å². The molecular weight excluding hydrogens is 384 g/mol. The van der Waals surface area contributed by atoms with Gasteiger partial charge in [-0.05, 0) is 30.5 Å². The molecule has 0 amide bonds. The number of rotatable bonds is 9. The maximum Gasteiger partial charge on any atom is 0.202 e. The smallest absolute Gasteiger partial charge is 0.202 e. The minimum Gasteiger partial charge on any atom is -0.392 e. The molecular formula is C24H30O4S. The molecule has 29 heavy (non-hydrogen) atoms. The summed E-state index contributed by atoms with van der Waals surface area (Å²) in [6.07, 6.45) is 4.21. The standard InChI is InChI=1S/C24H30O4S/c1-2-3-14-22-23(25)15-20(18-28-17-19-10-6-4-7-11-19)16-24(22)29(26,27)21-12-8-5-9-13-21/h4-13,16,20,22-23,25H,2-3,14-15,17-18H2,1H3/t20-,22-,23-/m1/s1. The number of aliphatic hydroxyl groups excluding tert-OH is 1. The molecule has 0 aliphatic heterocycles. The zero-order valence-corrected chi connectivity index (χ0v) is 17.7. The van der Waals surface area contributed by atoms with Crippen molar-refractivity contribution in [3.8, 4) is 0 Å². The number of hydrogen-bond donors (Lipinski definition) is 1. The van der Waals surface area contributed by atoms with Crippen molar-refractivity contribution in [2.75, 3.05) is 6.61 Å². The van der Waals surface area contributed by atoms with Crippen LogP contribution in [0.5, 0.6) is 0 Å². The summed E-state index contributed by atoms with van der Waals surface area (Å²) in [4.78, 5) is 0.634. The lowest BCUT2D eigenvalue weighted by Gasteiger charge is -2.33. The number of benzene rings is 2. The summed E-state index contributed by atoms with van der Waals surface area (Å²) < 4.78 is 32.5. The lowest BCUT2D eigenvalue weighted by Crippen LogP contribution is -2.34. The summed E-state index contributed by atoms with van der Waals surface area (Å²) in [5, 5.41) is 10.8. The first-order chi connectivity index (χ1) is 14.0. The van der Waals surface area contributed by atoms with Gasteiger partial charge in [0.25, 0.3) is 0 Å². The van der Waals surface area contributed by atoms with Gasteiger partial charge in [-0.25, -0.2) is 8.42 Å². The summed E-state index contributed by atoms with van der Waals surface area (Å²) in [6.45, 7) is 2.94. The van der Waals surface area contributed by atoms with Crippen molar-refractivity contribution in [2.24, 2.45) is 11.8 Å². The van der Waals surface area contributed by atoms with Crippen LogP contribution >= 0.6 is 0 Å². The van der Waals surface area contributed by atoms with E-state index in [1.54, 1.807) is 30.3 Å². The Morgan fingerprint density at radius 1 is 1.03 bits per heavy atom.